The van der Waals surface area contributed by atoms with E-state index in [2.05, 4.69) is 19.9 Å². The highest BCUT2D eigenvalue weighted by Gasteiger charge is 2.09. The fourth-order valence-corrected chi connectivity index (χ4v) is 1.70. The average molecular weight is 242 g/mol. The van der Waals surface area contributed by atoms with E-state index in [0.29, 0.717) is 22.7 Å². The maximum absolute atomic E-state index is 11.6. The molecule has 3 rings (SSSR count). The van der Waals surface area contributed by atoms with Crippen LogP contribution in [0.4, 0.5) is 11.6 Å². The zero-order valence-electron chi connectivity index (χ0n) is 9.27. The Labute approximate surface area is 101 Å². The van der Waals surface area contributed by atoms with Gasteiger partial charge in [-0.2, -0.15) is 4.98 Å². The van der Waals surface area contributed by atoms with Crippen LogP contribution in [-0.2, 0) is 0 Å². The second-order valence-electron chi connectivity index (χ2n) is 3.86. The van der Waals surface area contributed by atoms with E-state index in [4.69, 9.17) is 11.5 Å². The SMILES string of the molecule is Nc1ccc(-c2nc3nc(N)[nH]c(=O)c3[nH]2)cc1. The van der Waals surface area contributed by atoms with Gasteiger partial charge in [0.05, 0.1) is 0 Å². The lowest BCUT2D eigenvalue weighted by atomic mass is 10.2. The Morgan fingerprint density at radius 3 is 2.44 bits per heavy atom. The minimum absolute atomic E-state index is 0.0443. The first-order valence-electron chi connectivity index (χ1n) is 5.25. The standard InChI is InChI=1S/C11H10N6O/c12-6-3-1-5(2-4-6)8-14-7-9(15-8)16-11(13)17-10(7)18/h1-4H,12H2,(H4,13,14,15,16,17,18). The Bertz CT molecular complexity index is 770. The van der Waals surface area contributed by atoms with E-state index in [0.717, 1.165) is 5.56 Å². The quantitative estimate of drug-likeness (QED) is 0.461. The molecule has 0 aliphatic rings. The molecule has 0 aliphatic carbocycles. The van der Waals surface area contributed by atoms with Crippen molar-refractivity contribution < 1.29 is 0 Å². The van der Waals surface area contributed by atoms with E-state index in [-0.39, 0.29) is 11.5 Å². The molecule has 0 saturated heterocycles. The third-order valence-corrected chi connectivity index (χ3v) is 2.56. The molecule has 7 heteroatoms. The van der Waals surface area contributed by atoms with Crippen LogP contribution in [0.25, 0.3) is 22.6 Å². The molecule has 0 fully saturated rings. The van der Waals surface area contributed by atoms with E-state index in [9.17, 15) is 4.79 Å². The number of hydrogen-bond acceptors (Lipinski definition) is 5. The van der Waals surface area contributed by atoms with Crippen LogP contribution in [0.2, 0.25) is 0 Å². The van der Waals surface area contributed by atoms with Gasteiger partial charge in [-0.3, -0.25) is 9.78 Å². The third-order valence-electron chi connectivity index (χ3n) is 2.56. The lowest BCUT2D eigenvalue weighted by Gasteiger charge is -1.96. The highest BCUT2D eigenvalue weighted by Crippen LogP contribution is 2.19. The van der Waals surface area contributed by atoms with Crippen molar-refractivity contribution in [2.24, 2.45) is 0 Å². The summed E-state index contributed by atoms with van der Waals surface area (Å²) in [7, 11) is 0. The van der Waals surface area contributed by atoms with Crippen molar-refractivity contribution in [3.05, 3.63) is 34.6 Å². The van der Waals surface area contributed by atoms with E-state index in [1.165, 1.54) is 0 Å². The van der Waals surface area contributed by atoms with Crippen LogP contribution in [0.3, 0.4) is 0 Å². The normalized spacial score (nSPS) is 10.9. The number of nitrogen functional groups attached to an aromatic ring is 2. The molecule has 18 heavy (non-hydrogen) atoms. The second-order valence-corrected chi connectivity index (χ2v) is 3.86. The van der Waals surface area contributed by atoms with Gasteiger partial charge in [-0.25, -0.2) is 4.98 Å². The van der Waals surface area contributed by atoms with E-state index < -0.39 is 0 Å². The van der Waals surface area contributed by atoms with Crippen LogP contribution >= 0.6 is 0 Å². The lowest BCUT2D eigenvalue weighted by molar-refractivity contribution is 1.17. The molecule has 0 bridgehead atoms. The molecule has 7 nitrogen and oxygen atoms in total. The van der Waals surface area contributed by atoms with Crippen molar-refractivity contribution in [3.8, 4) is 11.4 Å². The maximum Gasteiger partial charge on any atom is 0.278 e. The minimum Gasteiger partial charge on any atom is -0.399 e. The number of fused-ring (bicyclic) bond motifs is 1. The molecule has 1 aromatic carbocycles. The predicted molar refractivity (Wildman–Crippen MR) is 68.8 cm³/mol. The first-order chi connectivity index (χ1) is 8.63. The molecule has 0 spiro atoms. The molecular weight excluding hydrogens is 232 g/mol. The number of anilines is 2. The Kier molecular flexibility index (Phi) is 2.06. The topological polar surface area (TPSA) is 126 Å². The fourth-order valence-electron chi connectivity index (χ4n) is 1.70. The number of benzene rings is 1. The fraction of sp³-hybridized carbons (Fsp3) is 0. The van der Waals surface area contributed by atoms with Gasteiger partial charge in [-0.1, -0.05) is 0 Å². The Morgan fingerprint density at radius 1 is 1.00 bits per heavy atom. The summed E-state index contributed by atoms with van der Waals surface area (Å²) in [6.07, 6.45) is 0. The van der Waals surface area contributed by atoms with Crippen LogP contribution in [0.15, 0.2) is 29.1 Å². The molecule has 90 valence electrons. The van der Waals surface area contributed by atoms with Gasteiger partial charge in [-0.05, 0) is 24.3 Å². The molecule has 0 saturated carbocycles. The second kappa shape index (κ2) is 3.59. The summed E-state index contributed by atoms with van der Waals surface area (Å²) in [5.74, 6) is 0.594. The highest BCUT2D eigenvalue weighted by molar-refractivity contribution is 5.76. The smallest absolute Gasteiger partial charge is 0.278 e. The van der Waals surface area contributed by atoms with Crippen LogP contribution < -0.4 is 17.0 Å². The Morgan fingerprint density at radius 2 is 1.72 bits per heavy atom. The molecule has 0 atom stereocenters. The van der Waals surface area contributed by atoms with Gasteiger partial charge >= 0.3 is 0 Å². The van der Waals surface area contributed by atoms with Crippen LogP contribution in [0, 0.1) is 0 Å². The minimum atomic E-state index is -0.341. The molecule has 2 heterocycles. The van der Waals surface area contributed by atoms with Gasteiger partial charge in [0.15, 0.2) is 11.2 Å². The summed E-state index contributed by atoms with van der Waals surface area (Å²) in [5.41, 5.74) is 12.8. The molecule has 0 radical (unpaired) electrons. The zero-order valence-corrected chi connectivity index (χ0v) is 9.27. The summed E-state index contributed by atoms with van der Waals surface area (Å²) >= 11 is 0. The average Bonchev–Trinajstić information content (AvgIpc) is 2.74. The van der Waals surface area contributed by atoms with Gasteiger partial charge in [0.25, 0.3) is 5.56 Å². The summed E-state index contributed by atoms with van der Waals surface area (Å²) < 4.78 is 0. The molecule has 3 aromatic rings. The summed E-state index contributed by atoms with van der Waals surface area (Å²) in [5, 5.41) is 0. The predicted octanol–water partition coefficient (Wildman–Crippen LogP) is 0.478. The monoisotopic (exact) mass is 242 g/mol. The molecule has 6 N–H and O–H groups in total. The number of aromatic nitrogens is 4. The van der Waals surface area contributed by atoms with E-state index in [1.54, 1.807) is 12.1 Å². The maximum atomic E-state index is 11.6. The van der Waals surface area contributed by atoms with E-state index >= 15 is 0 Å². The number of nitrogens with zero attached hydrogens (tertiary/aromatic N) is 2. The van der Waals surface area contributed by atoms with Crippen molar-refractivity contribution in [1.82, 2.24) is 19.9 Å². The van der Waals surface area contributed by atoms with Crippen LogP contribution in [0.5, 0.6) is 0 Å². The van der Waals surface area contributed by atoms with Gasteiger partial charge in [0, 0.05) is 11.3 Å². The van der Waals surface area contributed by atoms with Gasteiger partial charge in [0.2, 0.25) is 5.95 Å². The number of imidazole rings is 1. The van der Waals surface area contributed by atoms with Crippen molar-refractivity contribution in [3.63, 3.8) is 0 Å². The Balaban J connectivity index is 2.22. The summed E-state index contributed by atoms with van der Waals surface area (Å²) in [6.45, 7) is 0. The number of aromatic amines is 2. The zero-order chi connectivity index (χ0) is 12.7. The number of nitrogens with one attached hydrogen (secondary N) is 2. The van der Waals surface area contributed by atoms with E-state index in [1.807, 2.05) is 12.1 Å². The van der Waals surface area contributed by atoms with Gasteiger partial charge < -0.3 is 16.5 Å². The Hall–Kier alpha value is -2.83. The largest absolute Gasteiger partial charge is 0.399 e. The summed E-state index contributed by atoms with van der Waals surface area (Å²) in [6, 6.07) is 7.14. The van der Waals surface area contributed by atoms with Crippen molar-refractivity contribution in [1.29, 1.82) is 0 Å². The van der Waals surface area contributed by atoms with Gasteiger partial charge in [0.1, 0.15) is 5.82 Å². The lowest BCUT2D eigenvalue weighted by Crippen LogP contribution is -2.10. The molecule has 0 aliphatic heterocycles. The van der Waals surface area contributed by atoms with Crippen molar-refractivity contribution in [2.45, 2.75) is 0 Å². The van der Waals surface area contributed by atoms with Crippen LogP contribution in [-0.4, -0.2) is 19.9 Å². The van der Waals surface area contributed by atoms with Crippen molar-refractivity contribution in [2.75, 3.05) is 11.5 Å². The van der Waals surface area contributed by atoms with Gasteiger partial charge in [-0.15, -0.1) is 0 Å². The van der Waals surface area contributed by atoms with Crippen molar-refractivity contribution >= 4 is 22.8 Å². The molecular formula is C11H10N6O. The number of H-pyrrole nitrogens is 2. The number of hydrogen-bond donors (Lipinski definition) is 4. The summed E-state index contributed by atoms with van der Waals surface area (Å²) in [4.78, 5) is 25.1. The number of nitrogens with two attached hydrogens (primary N) is 2. The van der Waals surface area contributed by atoms with Crippen LogP contribution in [0.1, 0.15) is 0 Å². The third kappa shape index (κ3) is 1.58. The first-order valence-corrected chi connectivity index (χ1v) is 5.25. The molecule has 0 unspecified atom stereocenters. The number of rotatable bonds is 1. The first kappa shape index (κ1) is 10.3. The highest BCUT2D eigenvalue weighted by atomic mass is 16.1. The molecule has 2 aromatic heterocycles. The molecule has 0 amide bonds.